The number of nitrogens with one attached hydrogen (secondary N) is 2. The second-order valence-corrected chi connectivity index (χ2v) is 9.00. The number of fused-ring (bicyclic) bond motifs is 1. The third kappa shape index (κ3) is 4.62. The number of benzene rings is 1. The summed E-state index contributed by atoms with van der Waals surface area (Å²) in [5.74, 6) is 0.793. The number of nitrogens with zero attached hydrogens (tertiary/aromatic N) is 5. The SMILES string of the molecule is CCNS(=O)(=O)c1ccc(Nc2cc(Oc3cnc(C#N)cc3C)nc3c2ncn3C)cc1. The van der Waals surface area contributed by atoms with Crippen LogP contribution in [0, 0.1) is 18.3 Å². The molecule has 11 heteroatoms. The van der Waals surface area contributed by atoms with Gasteiger partial charge in [-0.05, 0) is 42.8 Å². The average molecular weight is 464 g/mol. The molecular formula is C22H21N7O3S. The molecule has 168 valence electrons. The van der Waals surface area contributed by atoms with Gasteiger partial charge in [-0.25, -0.2) is 23.1 Å². The Labute approximate surface area is 190 Å². The van der Waals surface area contributed by atoms with Crippen molar-refractivity contribution in [2.24, 2.45) is 7.05 Å². The lowest BCUT2D eigenvalue weighted by molar-refractivity contribution is 0.459. The smallest absolute Gasteiger partial charge is 0.240 e. The van der Waals surface area contributed by atoms with E-state index in [1.165, 1.54) is 18.3 Å². The van der Waals surface area contributed by atoms with Crippen LogP contribution in [0.1, 0.15) is 18.2 Å². The van der Waals surface area contributed by atoms with Crippen LogP contribution in [-0.2, 0) is 17.1 Å². The van der Waals surface area contributed by atoms with Gasteiger partial charge in [0.25, 0.3) is 0 Å². The predicted molar refractivity (Wildman–Crippen MR) is 123 cm³/mol. The van der Waals surface area contributed by atoms with E-state index in [4.69, 9.17) is 10.00 Å². The normalized spacial score (nSPS) is 11.3. The van der Waals surface area contributed by atoms with Gasteiger partial charge in [-0.3, -0.25) is 0 Å². The molecule has 0 unspecified atom stereocenters. The Balaban J connectivity index is 1.67. The zero-order valence-electron chi connectivity index (χ0n) is 18.2. The molecule has 10 nitrogen and oxygen atoms in total. The Morgan fingerprint density at radius 2 is 1.94 bits per heavy atom. The lowest BCUT2D eigenvalue weighted by Crippen LogP contribution is -2.22. The van der Waals surface area contributed by atoms with Crippen molar-refractivity contribution in [3.8, 4) is 17.7 Å². The molecule has 0 bridgehead atoms. The lowest BCUT2D eigenvalue weighted by Gasteiger charge is -2.12. The van der Waals surface area contributed by atoms with Crippen molar-refractivity contribution >= 4 is 32.6 Å². The Morgan fingerprint density at radius 1 is 1.18 bits per heavy atom. The summed E-state index contributed by atoms with van der Waals surface area (Å²) in [5.41, 5.74) is 3.59. The summed E-state index contributed by atoms with van der Waals surface area (Å²) in [5, 5.41) is 12.3. The molecule has 0 aliphatic rings. The minimum atomic E-state index is -3.53. The van der Waals surface area contributed by atoms with E-state index in [0.29, 0.717) is 46.4 Å². The van der Waals surface area contributed by atoms with Gasteiger partial charge in [-0.2, -0.15) is 10.2 Å². The van der Waals surface area contributed by atoms with Crippen molar-refractivity contribution in [3.05, 3.63) is 60.2 Å². The number of aryl methyl sites for hydroxylation is 2. The van der Waals surface area contributed by atoms with E-state index < -0.39 is 10.0 Å². The van der Waals surface area contributed by atoms with E-state index in [2.05, 4.69) is 25.0 Å². The van der Waals surface area contributed by atoms with Crippen LogP contribution in [0.15, 0.2) is 53.8 Å². The highest BCUT2D eigenvalue weighted by atomic mass is 32.2. The number of rotatable bonds is 7. The highest BCUT2D eigenvalue weighted by Gasteiger charge is 2.15. The van der Waals surface area contributed by atoms with Crippen molar-refractivity contribution in [3.63, 3.8) is 0 Å². The molecule has 0 fully saturated rings. The molecule has 4 aromatic rings. The monoisotopic (exact) mass is 463 g/mol. The molecule has 0 radical (unpaired) electrons. The van der Waals surface area contributed by atoms with Gasteiger partial charge in [0.1, 0.15) is 17.3 Å². The summed E-state index contributed by atoms with van der Waals surface area (Å²) in [6, 6.07) is 11.7. The fraction of sp³-hybridized carbons (Fsp3) is 0.182. The van der Waals surface area contributed by atoms with Crippen LogP contribution in [-0.4, -0.2) is 34.5 Å². The van der Waals surface area contributed by atoms with Crippen molar-refractivity contribution < 1.29 is 13.2 Å². The summed E-state index contributed by atoms with van der Waals surface area (Å²) >= 11 is 0. The highest BCUT2D eigenvalue weighted by molar-refractivity contribution is 7.89. The van der Waals surface area contributed by atoms with Crippen LogP contribution in [0.2, 0.25) is 0 Å². The number of hydrogen-bond acceptors (Lipinski definition) is 8. The van der Waals surface area contributed by atoms with Gasteiger partial charge in [-0.1, -0.05) is 6.92 Å². The van der Waals surface area contributed by atoms with E-state index in [1.54, 1.807) is 42.1 Å². The van der Waals surface area contributed by atoms with Gasteiger partial charge >= 0.3 is 0 Å². The topological polar surface area (TPSA) is 135 Å². The largest absolute Gasteiger partial charge is 0.437 e. The molecule has 0 amide bonds. The molecule has 1 aromatic carbocycles. The maximum atomic E-state index is 12.2. The average Bonchev–Trinajstić information content (AvgIpc) is 3.16. The molecule has 3 heterocycles. The summed E-state index contributed by atoms with van der Waals surface area (Å²) in [7, 11) is -1.71. The standard InChI is InChI=1S/C22H21N7O3S/c1-4-26-33(30,31)17-7-5-15(6-8-17)27-18-10-20(28-22-21(18)25-13-29(22)3)32-19-12-24-16(11-23)9-14(19)2/h5-10,12-13,26H,4H2,1-3H3,(H,27,28). The lowest BCUT2D eigenvalue weighted by atomic mass is 10.2. The first-order valence-corrected chi connectivity index (χ1v) is 11.5. The molecule has 0 saturated heterocycles. The quantitative estimate of drug-likeness (QED) is 0.426. The summed E-state index contributed by atoms with van der Waals surface area (Å²) in [4.78, 5) is 13.2. The molecule has 0 atom stereocenters. The summed E-state index contributed by atoms with van der Waals surface area (Å²) in [6.07, 6.45) is 3.13. The van der Waals surface area contributed by atoms with Crippen molar-refractivity contribution in [2.45, 2.75) is 18.7 Å². The molecular weight excluding hydrogens is 442 g/mol. The molecule has 0 spiro atoms. The number of anilines is 2. The fourth-order valence-electron chi connectivity index (χ4n) is 3.19. The van der Waals surface area contributed by atoms with Crippen molar-refractivity contribution in [2.75, 3.05) is 11.9 Å². The maximum absolute atomic E-state index is 12.2. The molecule has 3 aromatic heterocycles. The second-order valence-electron chi connectivity index (χ2n) is 7.24. The van der Waals surface area contributed by atoms with E-state index in [-0.39, 0.29) is 4.90 Å². The summed E-state index contributed by atoms with van der Waals surface area (Å²) < 4.78 is 34.5. The first-order chi connectivity index (χ1) is 15.8. The molecule has 0 aliphatic heterocycles. The van der Waals surface area contributed by atoms with Crippen LogP contribution >= 0.6 is 0 Å². The molecule has 33 heavy (non-hydrogen) atoms. The van der Waals surface area contributed by atoms with Crippen LogP contribution in [0.4, 0.5) is 11.4 Å². The van der Waals surface area contributed by atoms with Crippen LogP contribution in [0.25, 0.3) is 11.2 Å². The van der Waals surface area contributed by atoms with Gasteiger partial charge in [0.05, 0.1) is 23.1 Å². The number of aromatic nitrogens is 4. The molecule has 2 N–H and O–H groups in total. The van der Waals surface area contributed by atoms with E-state index in [9.17, 15) is 8.42 Å². The van der Waals surface area contributed by atoms with Crippen LogP contribution < -0.4 is 14.8 Å². The Hall–Kier alpha value is -4.01. The number of imidazole rings is 1. The Morgan fingerprint density at radius 3 is 2.61 bits per heavy atom. The zero-order chi connectivity index (χ0) is 23.6. The first-order valence-electron chi connectivity index (χ1n) is 10.0. The van der Waals surface area contributed by atoms with E-state index >= 15 is 0 Å². The Kier molecular flexibility index (Phi) is 5.95. The van der Waals surface area contributed by atoms with E-state index in [1.807, 2.05) is 20.0 Å². The second kappa shape index (κ2) is 8.85. The minimum Gasteiger partial charge on any atom is -0.437 e. The predicted octanol–water partition coefficient (Wildman–Crippen LogP) is 3.38. The van der Waals surface area contributed by atoms with Crippen LogP contribution in [0.3, 0.4) is 0 Å². The van der Waals surface area contributed by atoms with Gasteiger partial charge < -0.3 is 14.6 Å². The zero-order valence-corrected chi connectivity index (χ0v) is 19.0. The van der Waals surface area contributed by atoms with Crippen molar-refractivity contribution in [1.29, 1.82) is 5.26 Å². The molecule has 0 saturated carbocycles. The number of hydrogen-bond donors (Lipinski definition) is 2. The van der Waals surface area contributed by atoms with Crippen molar-refractivity contribution in [1.82, 2.24) is 24.2 Å². The molecule has 4 rings (SSSR count). The van der Waals surface area contributed by atoms with Gasteiger partial charge in [0.15, 0.2) is 11.4 Å². The number of sulfonamides is 1. The fourth-order valence-corrected chi connectivity index (χ4v) is 4.23. The van der Waals surface area contributed by atoms with E-state index in [0.717, 1.165) is 5.56 Å². The van der Waals surface area contributed by atoms with Gasteiger partial charge in [0.2, 0.25) is 15.9 Å². The third-order valence-electron chi connectivity index (χ3n) is 4.81. The summed E-state index contributed by atoms with van der Waals surface area (Å²) in [6.45, 7) is 3.86. The first kappa shape index (κ1) is 22.2. The van der Waals surface area contributed by atoms with Gasteiger partial charge in [0, 0.05) is 25.3 Å². The number of pyridine rings is 2. The minimum absolute atomic E-state index is 0.181. The number of ether oxygens (including phenoxy) is 1. The molecule has 0 aliphatic carbocycles. The highest BCUT2D eigenvalue weighted by Crippen LogP contribution is 2.31. The van der Waals surface area contributed by atoms with Crippen LogP contribution in [0.5, 0.6) is 11.6 Å². The Bertz CT molecular complexity index is 1470. The maximum Gasteiger partial charge on any atom is 0.240 e. The van der Waals surface area contributed by atoms with Gasteiger partial charge in [-0.15, -0.1) is 0 Å². The number of nitriles is 1. The third-order valence-corrected chi connectivity index (χ3v) is 6.38.